The maximum Gasteiger partial charge on any atom is 0.223 e. The summed E-state index contributed by atoms with van der Waals surface area (Å²) in [6.07, 6.45) is 3.89. The predicted molar refractivity (Wildman–Crippen MR) is 80.3 cm³/mol. The molecule has 3 rings (SSSR count). The number of carbonyl (C=O) groups is 1. The molecular formula is C17H20FN3O. The van der Waals surface area contributed by atoms with E-state index in [1.165, 1.54) is 6.07 Å². The molecule has 2 aliphatic rings. The lowest BCUT2D eigenvalue weighted by atomic mass is 10.0. The summed E-state index contributed by atoms with van der Waals surface area (Å²) in [5, 5.41) is 11.9. The molecule has 0 aromatic heterocycles. The van der Waals surface area contributed by atoms with Crippen LogP contribution in [0.15, 0.2) is 18.2 Å². The van der Waals surface area contributed by atoms with Crippen LogP contribution in [0.3, 0.4) is 0 Å². The van der Waals surface area contributed by atoms with E-state index in [1.807, 2.05) is 6.07 Å². The molecule has 0 unspecified atom stereocenters. The van der Waals surface area contributed by atoms with Crippen LogP contribution in [0.1, 0.15) is 36.8 Å². The van der Waals surface area contributed by atoms with Crippen molar-refractivity contribution in [3.63, 3.8) is 0 Å². The van der Waals surface area contributed by atoms with Crippen molar-refractivity contribution in [2.45, 2.75) is 38.3 Å². The number of likely N-dealkylation sites (tertiary alicyclic amines) is 1. The summed E-state index contributed by atoms with van der Waals surface area (Å²) in [5.74, 6) is 0.144. The first-order valence-electron chi connectivity index (χ1n) is 7.87. The van der Waals surface area contributed by atoms with Gasteiger partial charge in [0.15, 0.2) is 0 Å². The Morgan fingerprint density at radius 1 is 1.32 bits per heavy atom. The molecule has 1 amide bonds. The molecular weight excluding hydrogens is 281 g/mol. The second-order valence-electron chi connectivity index (χ2n) is 6.25. The van der Waals surface area contributed by atoms with E-state index in [1.54, 1.807) is 12.1 Å². The van der Waals surface area contributed by atoms with Crippen LogP contribution in [0.25, 0.3) is 0 Å². The van der Waals surface area contributed by atoms with Crippen LogP contribution >= 0.6 is 0 Å². The quantitative estimate of drug-likeness (QED) is 0.927. The lowest BCUT2D eigenvalue weighted by molar-refractivity contribution is -0.123. The molecule has 5 heteroatoms. The minimum absolute atomic E-state index is 0.205. The van der Waals surface area contributed by atoms with E-state index in [-0.39, 0.29) is 23.7 Å². The number of benzene rings is 1. The van der Waals surface area contributed by atoms with Gasteiger partial charge in [-0.25, -0.2) is 4.39 Å². The zero-order chi connectivity index (χ0) is 15.5. The molecule has 0 spiro atoms. The van der Waals surface area contributed by atoms with Gasteiger partial charge in [-0.2, -0.15) is 5.26 Å². The minimum atomic E-state index is -0.316. The molecule has 1 saturated carbocycles. The van der Waals surface area contributed by atoms with Crippen LogP contribution in [-0.4, -0.2) is 29.9 Å². The van der Waals surface area contributed by atoms with Crippen LogP contribution in [0.2, 0.25) is 0 Å². The molecule has 0 radical (unpaired) electrons. The van der Waals surface area contributed by atoms with Crippen molar-refractivity contribution in [2.75, 3.05) is 13.1 Å². The van der Waals surface area contributed by atoms with Crippen LogP contribution in [0, 0.1) is 23.1 Å². The third kappa shape index (κ3) is 3.63. The average molecular weight is 301 g/mol. The van der Waals surface area contributed by atoms with Crippen LogP contribution in [0.4, 0.5) is 4.39 Å². The summed E-state index contributed by atoms with van der Waals surface area (Å²) in [6, 6.07) is 6.84. The summed E-state index contributed by atoms with van der Waals surface area (Å²) in [6.45, 7) is 2.27. The summed E-state index contributed by atoms with van der Waals surface area (Å²) in [7, 11) is 0. The highest BCUT2D eigenvalue weighted by Gasteiger charge is 2.31. The highest BCUT2D eigenvalue weighted by atomic mass is 19.1. The van der Waals surface area contributed by atoms with Gasteiger partial charge < -0.3 is 5.32 Å². The number of carbonyl (C=O) groups excluding carboxylic acids is 1. The van der Waals surface area contributed by atoms with Gasteiger partial charge in [0, 0.05) is 37.2 Å². The van der Waals surface area contributed by atoms with E-state index in [2.05, 4.69) is 10.2 Å². The van der Waals surface area contributed by atoms with Gasteiger partial charge in [-0.05, 0) is 37.8 Å². The third-order valence-corrected chi connectivity index (χ3v) is 4.46. The lowest BCUT2D eigenvalue weighted by Gasteiger charge is -2.32. The van der Waals surface area contributed by atoms with E-state index in [9.17, 15) is 9.18 Å². The lowest BCUT2D eigenvalue weighted by Crippen LogP contribution is -2.44. The fourth-order valence-corrected chi connectivity index (χ4v) is 2.89. The number of rotatable bonds is 4. The molecule has 0 bridgehead atoms. The first-order chi connectivity index (χ1) is 10.7. The Morgan fingerprint density at radius 2 is 2.05 bits per heavy atom. The highest BCUT2D eigenvalue weighted by molar-refractivity contribution is 5.81. The number of amides is 1. The zero-order valence-corrected chi connectivity index (χ0v) is 12.5. The topological polar surface area (TPSA) is 56.1 Å². The SMILES string of the molecule is N#Cc1ccc(CN2CCC(NC(=O)C3CC3)CC2)c(F)c1. The van der Waals surface area contributed by atoms with E-state index in [0.29, 0.717) is 17.7 Å². The predicted octanol–water partition coefficient (Wildman–Crippen LogP) is 2.19. The van der Waals surface area contributed by atoms with E-state index < -0.39 is 0 Å². The molecule has 116 valence electrons. The summed E-state index contributed by atoms with van der Waals surface area (Å²) in [5.41, 5.74) is 0.974. The van der Waals surface area contributed by atoms with Gasteiger partial charge in [0.2, 0.25) is 5.91 Å². The Bertz CT molecular complexity index is 598. The standard InChI is InChI=1S/C17H20FN3O/c18-16-9-12(10-19)1-2-14(16)11-21-7-5-15(6-8-21)20-17(22)13-3-4-13/h1-2,9,13,15H,3-8,11H2,(H,20,22). The summed E-state index contributed by atoms with van der Waals surface area (Å²) < 4.78 is 13.9. The molecule has 1 aliphatic heterocycles. The maximum atomic E-state index is 13.9. The monoisotopic (exact) mass is 301 g/mol. The smallest absolute Gasteiger partial charge is 0.223 e. The largest absolute Gasteiger partial charge is 0.353 e. The van der Waals surface area contributed by atoms with Crippen LogP contribution in [0.5, 0.6) is 0 Å². The van der Waals surface area contributed by atoms with E-state index in [4.69, 9.17) is 5.26 Å². The minimum Gasteiger partial charge on any atom is -0.353 e. The third-order valence-electron chi connectivity index (χ3n) is 4.46. The number of hydrogen-bond donors (Lipinski definition) is 1. The molecule has 1 N–H and O–H groups in total. The van der Waals surface area contributed by atoms with Gasteiger partial charge in [-0.15, -0.1) is 0 Å². The number of nitriles is 1. The number of nitrogens with zero attached hydrogens (tertiary/aromatic N) is 2. The van der Waals surface area contributed by atoms with Gasteiger partial charge in [-0.3, -0.25) is 9.69 Å². The molecule has 4 nitrogen and oxygen atoms in total. The normalized spacial score (nSPS) is 19.6. The fraction of sp³-hybridized carbons (Fsp3) is 0.529. The van der Waals surface area contributed by atoms with Gasteiger partial charge in [0.25, 0.3) is 0 Å². The second-order valence-corrected chi connectivity index (χ2v) is 6.25. The Kier molecular flexibility index (Phi) is 4.39. The van der Waals surface area contributed by atoms with Crippen molar-refractivity contribution in [1.82, 2.24) is 10.2 Å². The Labute approximate surface area is 129 Å². The van der Waals surface area contributed by atoms with Crippen molar-refractivity contribution in [3.05, 3.63) is 35.1 Å². The Hall–Kier alpha value is -1.93. The van der Waals surface area contributed by atoms with Crippen molar-refractivity contribution >= 4 is 5.91 Å². The Balaban J connectivity index is 1.49. The zero-order valence-electron chi connectivity index (χ0n) is 12.5. The molecule has 1 aromatic carbocycles. The van der Waals surface area contributed by atoms with Gasteiger partial charge in [0.05, 0.1) is 11.6 Å². The Morgan fingerprint density at radius 3 is 2.64 bits per heavy atom. The molecule has 22 heavy (non-hydrogen) atoms. The van der Waals surface area contributed by atoms with Gasteiger partial charge in [-0.1, -0.05) is 6.07 Å². The van der Waals surface area contributed by atoms with Crippen LogP contribution < -0.4 is 5.32 Å². The highest BCUT2D eigenvalue weighted by Crippen LogP contribution is 2.29. The molecule has 0 atom stereocenters. The molecule has 2 fully saturated rings. The van der Waals surface area contributed by atoms with Gasteiger partial charge >= 0.3 is 0 Å². The average Bonchev–Trinajstić information content (AvgIpc) is 3.36. The molecule has 1 aromatic rings. The number of halogens is 1. The maximum absolute atomic E-state index is 13.9. The van der Waals surface area contributed by atoms with E-state index in [0.717, 1.165) is 38.8 Å². The fourth-order valence-electron chi connectivity index (χ4n) is 2.89. The van der Waals surface area contributed by atoms with Gasteiger partial charge in [0.1, 0.15) is 5.82 Å². The summed E-state index contributed by atoms with van der Waals surface area (Å²) in [4.78, 5) is 13.9. The number of piperidine rings is 1. The number of hydrogen-bond acceptors (Lipinski definition) is 3. The molecule has 1 saturated heterocycles. The van der Waals surface area contributed by atoms with Crippen molar-refractivity contribution in [3.8, 4) is 6.07 Å². The van der Waals surface area contributed by atoms with E-state index >= 15 is 0 Å². The summed E-state index contributed by atoms with van der Waals surface area (Å²) >= 11 is 0. The molecule has 1 aliphatic carbocycles. The van der Waals surface area contributed by atoms with Crippen molar-refractivity contribution < 1.29 is 9.18 Å². The first-order valence-corrected chi connectivity index (χ1v) is 7.87. The number of nitrogens with one attached hydrogen (secondary N) is 1. The second kappa shape index (κ2) is 6.45. The first kappa shape index (κ1) is 15.0. The van der Waals surface area contributed by atoms with Crippen molar-refractivity contribution in [1.29, 1.82) is 5.26 Å². The molecule has 1 heterocycles. The van der Waals surface area contributed by atoms with Crippen LogP contribution in [-0.2, 0) is 11.3 Å². The van der Waals surface area contributed by atoms with Crippen molar-refractivity contribution in [2.24, 2.45) is 5.92 Å².